The molecule has 1 aliphatic rings. The third-order valence-corrected chi connectivity index (χ3v) is 3.11. The second-order valence-corrected chi connectivity index (χ2v) is 5.06. The Bertz CT molecular complexity index is 243. The number of aliphatic hydroxyl groups excluding tert-OH is 2. The molecule has 0 saturated carbocycles. The molecule has 1 saturated heterocycles. The third kappa shape index (κ3) is 3.43. The van der Waals surface area contributed by atoms with Crippen LogP contribution >= 0.6 is 0 Å². The SMILES string of the molecule is CC1(C)CCCNC1C(=O)NCC(O)CO. The lowest BCUT2D eigenvalue weighted by atomic mass is 9.77. The molecule has 94 valence electrons. The summed E-state index contributed by atoms with van der Waals surface area (Å²) in [5.41, 5.74) is -0.0630. The molecule has 1 aliphatic heterocycles. The van der Waals surface area contributed by atoms with Crippen LogP contribution in [-0.4, -0.2) is 48.0 Å². The number of aliphatic hydroxyl groups is 2. The van der Waals surface area contributed by atoms with Gasteiger partial charge in [-0.2, -0.15) is 0 Å². The molecule has 2 atom stereocenters. The first-order valence-electron chi connectivity index (χ1n) is 5.77. The highest BCUT2D eigenvalue weighted by Crippen LogP contribution is 2.29. The van der Waals surface area contributed by atoms with E-state index in [1.54, 1.807) is 0 Å². The molecular weight excluding hydrogens is 208 g/mol. The minimum Gasteiger partial charge on any atom is -0.394 e. The van der Waals surface area contributed by atoms with Crippen LogP contribution in [0.1, 0.15) is 26.7 Å². The second kappa shape index (κ2) is 5.61. The van der Waals surface area contributed by atoms with Crippen LogP contribution in [0.2, 0.25) is 0 Å². The number of piperidine rings is 1. The lowest BCUT2D eigenvalue weighted by Crippen LogP contribution is -2.56. The standard InChI is InChI=1S/C11H22N2O3/c1-11(2)4-3-5-12-9(11)10(16)13-6-8(15)7-14/h8-9,12,14-15H,3-7H2,1-2H3,(H,13,16). The van der Waals surface area contributed by atoms with Crippen molar-refractivity contribution < 1.29 is 15.0 Å². The number of carbonyl (C=O) groups excluding carboxylic acids is 1. The van der Waals surface area contributed by atoms with Crippen molar-refractivity contribution in [3.05, 3.63) is 0 Å². The van der Waals surface area contributed by atoms with Gasteiger partial charge in [-0.25, -0.2) is 0 Å². The number of nitrogens with one attached hydrogen (secondary N) is 2. The molecule has 0 aromatic carbocycles. The van der Waals surface area contributed by atoms with Gasteiger partial charge in [0.1, 0.15) is 0 Å². The summed E-state index contributed by atoms with van der Waals surface area (Å²) in [6.45, 7) is 4.74. The van der Waals surface area contributed by atoms with Gasteiger partial charge in [-0.15, -0.1) is 0 Å². The van der Waals surface area contributed by atoms with E-state index >= 15 is 0 Å². The van der Waals surface area contributed by atoms with Crippen LogP contribution in [0, 0.1) is 5.41 Å². The third-order valence-electron chi connectivity index (χ3n) is 3.11. The molecule has 0 aromatic rings. The van der Waals surface area contributed by atoms with Gasteiger partial charge < -0.3 is 20.8 Å². The molecule has 0 radical (unpaired) electrons. The van der Waals surface area contributed by atoms with E-state index < -0.39 is 6.10 Å². The number of carbonyl (C=O) groups is 1. The Morgan fingerprint density at radius 1 is 1.62 bits per heavy atom. The number of amides is 1. The molecule has 0 bridgehead atoms. The molecule has 1 fully saturated rings. The number of rotatable bonds is 4. The molecule has 0 aromatic heterocycles. The van der Waals surface area contributed by atoms with Crippen LogP contribution in [-0.2, 0) is 4.79 Å². The Hall–Kier alpha value is -0.650. The molecule has 16 heavy (non-hydrogen) atoms. The van der Waals surface area contributed by atoms with E-state index in [1.807, 2.05) is 0 Å². The monoisotopic (exact) mass is 230 g/mol. The van der Waals surface area contributed by atoms with Crippen molar-refractivity contribution in [2.24, 2.45) is 5.41 Å². The summed E-state index contributed by atoms with van der Waals surface area (Å²) in [5, 5.41) is 23.6. The fourth-order valence-electron chi connectivity index (χ4n) is 2.04. The molecule has 4 N–H and O–H groups in total. The number of hydrogen-bond donors (Lipinski definition) is 4. The van der Waals surface area contributed by atoms with Crippen LogP contribution in [0.25, 0.3) is 0 Å². The highest BCUT2D eigenvalue weighted by Gasteiger charge is 2.36. The Labute approximate surface area is 96.2 Å². The van der Waals surface area contributed by atoms with Crippen molar-refractivity contribution >= 4 is 5.91 Å². The molecule has 1 heterocycles. The highest BCUT2D eigenvalue weighted by atomic mass is 16.3. The van der Waals surface area contributed by atoms with Gasteiger partial charge in [0.2, 0.25) is 5.91 Å². The Morgan fingerprint density at radius 2 is 2.31 bits per heavy atom. The van der Waals surface area contributed by atoms with Gasteiger partial charge in [0.25, 0.3) is 0 Å². The lowest BCUT2D eigenvalue weighted by molar-refractivity contribution is -0.127. The molecule has 0 aliphatic carbocycles. The minimum absolute atomic E-state index is 0.0630. The Kier molecular flexibility index (Phi) is 4.70. The summed E-state index contributed by atoms with van der Waals surface area (Å²) < 4.78 is 0. The van der Waals surface area contributed by atoms with Crippen molar-refractivity contribution in [3.63, 3.8) is 0 Å². The molecule has 5 nitrogen and oxygen atoms in total. The Morgan fingerprint density at radius 3 is 2.88 bits per heavy atom. The predicted molar refractivity (Wildman–Crippen MR) is 60.9 cm³/mol. The first-order chi connectivity index (χ1) is 7.47. The van der Waals surface area contributed by atoms with E-state index in [1.165, 1.54) is 0 Å². The van der Waals surface area contributed by atoms with Crippen molar-refractivity contribution in [1.82, 2.24) is 10.6 Å². The topological polar surface area (TPSA) is 81.6 Å². The van der Waals surface area contributed by atoms with Crippen LogP contribution in [0.3, 0.4) is 0 Å². The zero-order valence-corrected chi connectivity index (χ0v) is 9.99. The van der Waals surface area contributed by atoms with Crippen LogP contribution in [0.5, 0.6) is 0 Å². The van der Waals surface area contributed by atoms with Crippen molar-refractivity contribution in [1.29, 1.82) is 0 Å². The van der Waals surface area contributed by atoms with Crippen molar-refractivity contribution in [2.75, 3.05) is 19.7 Å². The van der Waals surface area contributed by atoms with Gasteiger partial charge in [-0.05, 0) is 24.8 Å². The lowest BCUT2D eigenvalue weighted by Gasteiger charge is -2.38. The zero-order valence-electron chi connectivity index (χ0n) is 9.99. The average molecular weight is 230 g/mol. The van der Waals surface area contributed by atoms with Crippen molar-refractivity contribution in [3.8, 4) is 0 Å². The summed E-state index contributed by atoms with van der Waals surface area (Å²) in [6, 6.07) is -0.216. The largest absolute Gasteiger partial charge is 0.394 e. The average Bonchev–Trinajstić information content (AvgIpc) is 2.24. The zero-order chi connectivity index (χ0) is 12.2. The maximum Gasteiger partial charge on any atom is 0.237 e. The van der Waals surface area contributed by atoms with Crippen LogP contribution in [0.4, 0.5) is 0 Å². The van der Waals surface area contributed by atoms with E-state index in [4.69, 9.17) is 10.2 Å². The normalized spacial score (nSPS) is 26.1. The Balaban J connectivity index is 2.46. The van der Waals surface area contributed by atoms with Gasteiger partial charge in [0, 0.05) is 6.54 Å². The van der Waals surface area contributed by atoms with Gasteiger partial charge in [-0.3, -0.25) is 4.79 Å². The molecule has 0 spiro atoms. The van der Waals surface area contributed by atoms with Gasteiger partial charge in [0.15, 0.2) is 0 Å². The van der Waals surface area contributed by atoms with E-state index in [9.17, 15) is 4.79 Å². The maximum atomic E-state index is 11.9. The highest BCUT2D eigenvalue weighted by molar-refractivity contribution is 5.82. The molecule has 5 heteroatoms. The first kappa shape index (κ1) is 13.4. The number of hydrogen-bond acceptors (Lipinski definition) is 4. The predicted octanol–water partition coefficient (Wildman–Crippen LogP) is -0.766. The van der Waals surface area contributed by atoms with Gasteiger partial charge >= 0.3 is 0 Å². The van der Waals surface area contributed by atoms with Crippen LogP contribution < -0.4 is 10.6 Å². The molecular formula is C11H22N2O3. The summed E-state index contributed by atoms with van der Waals surface area (Å²) in [4.78, 5) is 11.9. The fraction of sp³-hybridized carbons (Fsp3) is 0.909. The fourth-order valence-corrected chi connectivity index (χ4v) is 2.04. The summed E-state index contributed by atoms with van der Waals surface area (Å²) in [7, 11) is 0. The van der Waals surface area contributed by atoms with Crippen LogP contribution in [0.15, 0.2) is 0 Å². The quantitative estimate of drug-likeness (QED) is 0.511. The second-order valence-electron chi connectivity index (χ2n) is 5.06. The van der Waals surface area contributed by atoms with Crippen molar-refractivity contribution in [2.45, 2.75) is 38.8 Å². The van der Waals surface area contributed by atoms with E-state index in [0.717, 1.165) is 19.4 Å². The molecule has 1 rings (SSSR count). The molecule has 1 amide bonds. The van der Waals surface area contributed by atoms with E-state index in [0.29, 0.717) is 0 Å². The summed E-state index contributed by atoms with van der Waals surface area (Å²) >= 11 is 0. The first-order valence-corrected chi connectivity index (χ1v) is 5.77. The summed E-state index contributed by atoms with van der Waals surface area (Å²) in [6.07, 6.45) is 1.21. The smallest absolute Gasteiger partial charge is 0.237 e. The minimum atomic E-state index is -0.879. The maximum absolute atomic E-state index is 11.9. The van der Waals surface area contributed by atoms with Gasteiger partial charge in [0.05, 0.1) is 18.8 Å². The van der Waals surface area contributed by atoms with E-state index in [-0.39, 0.29) is 30.5 Å². The van der Waals surface area contributed by atoms with Gasteiger partial charge in [-0.1, -0.05) is 13.8 Å². The van der Waals surface area contributed by atoms with E-state index in [2.05, 4.69) is 24.5 Å². The molecule has 2 unspecified atom stereocenters. The summed E-state index contributed by atoms with van der Waals surface area (Å²) in [5.74, 6) is -0.0998.